The summed E-state index contributed by atoms with van der Waals surface area (Å²) in [6, 6.07) is 18.0. The van der Waals surface area contributed by atoms with Crippen molar-refractivity contribution in [3.63, 3.8) is 0 Å². The first kappa shape index (κ1) is 22.4. The molecule has 174 valence electrons. The van der Waals surface area contributed by atoms with Gasteiger partial charge in [-0.2, -0.15) is 4.98 Å². The predicted molar refractivity (Wildman–Crippen MR) is 128 cm³/mol. The monoisotopic (exact) mass is 489 g/mol. The van der Waals surface area contributed by atoms with Gasteiger partial charge >= 0.3 is 0 Å². The zero-order chi connectivity index (χ0) is 24.4. The highest BCUT2D eigenvalue weighted by molar-refractivity contribution is 6.30. The van der Waals surface area contributed by atoms with Gasteiger partial charge < -0.3 is 9.84 Å². The maximum absolute atomic E-state index is 13.3. The second-order valence-electron chi connectivity index (χ2n) is 7.66. The minimum absolute atomic E-state index is 0.0261. The molecule has 0 unspecified atom stereocenters. The highest BCUT2D eigenvalue weighted by Crippen LogP contribution is 2.27. The molecule has 0 saturated carbocycles. The number of para-hydroxylation sites is 1. The molecule has 2 aromatic carbocycles. The van der Waals surface area contributed by atoms with Crippen LogP contribution >= 0.6 is 11.6 Å². The van der Waals surface area contributed by atoms with Crippen molar-refractivity contribution in [3.05, 3.63) is 99.7 Å². The lowest BCUT2D eigenvalue weighted by Gasteiger charge is -2.12. The molecule has 0 spiro atoms. The molecule has 1 amide bonds. The van der Waals surface area contributed by atoms with E-state index in [1.54, 1.807) is 30.5 Å². The number of carbonyl (C=O) groups excluding carboxylic acids is 1. The van der Waals surface area contributed by atoms with Gasteiger partial charge in [0.1, 0.15) is 18.1 Å². The van der Waals surface area contributed by atoms with Gasteiger partial charge in [-0.1, -0.05) is 47.1 Å². The maximum atomic E-state index is 13.3. The number of nitrogens with one attached hydrogen (secondary N) is 1. The third kappa shape index (κ3) is 4.67. The Labute approximate surface area is 203 Å². The van der Waals surface area contributed by atoms with Crippen LogP contribution in [0.25, 0.3) is 33.9 Å². The third-order valence-corrected chi connectivity index (χ3v) is 5.63. The summed E-state index contributed by atoms with van der Waals surface area (Å²) in [6.07, 6.45) is 1.62. The fraction of sp³-hybridized carbons (Fsp3) is 0.0800. The molecule has 0 atom stereocenters. The minimum atomic E-state index is -0.534. The average molecular weight is 490 g/mol. The summed E-state index contributed by atoms with van der Waals surface area (Å²) in [6.45, 7) is -0.0700. The van der Waals surface area contributed by atoms with Crippen LogP contribution in [0, 0.1) is 5.82 Å². The van der Waals surface area contributed by atoms with Gasteiger partial charge in [-0.25, -0.2) is 4.39 Å². The van der Waals surface area contributed by atoms with E-state index in [2.05, 4.69) is 20.4 Å². The van der Waals surface area contributed by atoms with E-state index in [4.69, 9.17) is 16.1 Å². The number of rotatable bonds is 6. The molecule has 8 nitrogen and oxygen atoms in total. The summed E-state index contributed by atoms with van der Waals surface area (Å²) in [4.78, 5) is 34.3. The van der Waals surface area contributed by atoms with Gasteiger partial charge in [0.15, 0.2) is 0 Å². The number of aromatic nitrogens is 4. The second kappa shape index (κ2) is 9.47. The smallest absolute Gasteiger partial charge is 0.259 e. The van der Waals surface area contributed by atoms with Crippen LogP contribution in [-0.2, 0) is 17.9 Å². The molecular formula is C25H17ClFN5O3. The summed E-state index contributed by atoms with van der Waals surface area (Å²) in [7, 11) is 0. The minimum Gasteiger partial charge on any atom is -0.350 e. The van der Waals surface area contributed by atoms with E-state index in [1.165, 1.54) is 28.8 Å². The molecule has 5 aromatic rings. The SMILES string of the molecule is O=C(Cn1c(=O)cc(-c2nc(-c3ccccn3)no2)c2ccccc21)NCc1ccc(F)c(Cl)c1. The molecule has 0 aliphatic heterocycles. The van der Waals surface area contributed by atoms with Crippen molar-refractivity contribution in [2.45, 2.75) is 13.1 Å². The Hall–Kier alpha value is -4.37. The van der Waals surface area contributed by atoms with Crippen molar-refractivity contribution in [2.75, 3.05) is 0 Å². The standard InChI is InChI=1S/C25H17ClFN5O3/c26-18-11-15(8-9-19(18)27)13-29-22(33)14-32-21-7-2-1-5-16(21)17(12-23(32)34)25-30-24(31-35-25)20-6-3-4-10-28-20/h1-12H,13-14H2,(H,29,33). The normalized spacial score (nSPS) is 11.0. The van der Waals surface area contributed by atoms with E-state index < -0.39 is 11.4 Å². The molecule has 3 aromatic heterocycles. The molecule has 3 heterocycles. The molecule has 5 rings (SSSR count). The van der Waals surface area contributed by atoms with Crippen LogP contribution in [-0.4, -0.2) is 25.6 Å². The molecule has 1 N–H and O–H groups in total. The third-order valence-electron chi connectivity index (χ3n) is 5.34. The van der Waals surface area contributed by atoms with Crippen molar-refractivity contribution in [1.29, 1.82) is 0 Å². The molecule has 0 aliphatic carbocycles. The number of halogens is 2. The van der Waals surface area contributed by atoms with Gasteiger partial charge in [0.2, 0.25) is 11.7 Å². The van der Waals surface area contributed by atoms with Crippen molar-refractivity contribution in [1.82, 2.24) is 25.0 Å². The summed E-state index contributed by atoms with van der Waals surface area (Å²) >= 11 is 5.79. The quantitative estimate of drug-likeness (QED) is 0.383. The van der Waals surface area contributed by atoms with E-state index in [1.807, 2.05) is 18.2 Å². The van der Waals surface area contributed by atoms with Crippen LogP contribution in [0.4, 0.5) is 4.39 Å². The van der Waals surface area contributed by atoms with Gasteiger partial charge in [-0.15, -0.1) is 0 Å². The van der Waals surface area contributed by atoms with E-state index in [0.29, 0.717) is 33.5 Å². The molecule has 0 saturated heterocycles. The lowest BCUT2D eigenvalue weighted by Crippen LogP contribution is -2.32. The predicted octanol–water partition coefficient (Wildman–Crippen LogP) is 4.22. The number of hydrogen-bond acceptors (Lipinski definition) is 6. The van der Waals surface area contributed by atoms with Crippen molar-refractivity contribution >= 4 is 28.4 Å². The number of carbonyl (C=O) groups is 1. The second-order valence-corrected chi connectivity index (χ2v) is 8.07. The van der Waals surface area contributed by atoms with E-state index >= 15 is 0 Å². The van der Waals surface area contributed by atoms with Crippen LogP contribution in [0.5, 0.6) is 0 Å². The van der Waals surface area contributed by atoms with Crippen LogP contribution in [0.2, 0.25) is 5.02 Å². The summed E-state index contributed by atoms with van der Waals surface area (Å²) < 4.78 is 20.1. The molecular weight excluding hydrogens is 473 g/mol. The number of fused-ring (bicyclic) bond motifs is 1. The Bertz CT molecular complexity index is 1600. The fourth-order valence-corrected chi connectivity index (χ4v) is 3.86. The molecule has 0 aliphatic rings. The maximum Gasteiger partial charge on any atom is 0.259 e. The Morgan fingerprint density at radius 2 is 1.91 bits per heavy atom. The summed E-state index contributed by atoms with van der Waals surface area (Å²) in [5.41, 5.74) is 1.76. The number of pyridine rings is 2. The lowest BCUT2D eigenvalue weighted by atomic mass is 10.1. The highest BCUT2D eigenvalue weighted by Gasteiger charge is 2.18. The molecule has 0 fully saturated rings. The topological polar surface area (TPSA) is 103 Å². The van der Waals surface area contributed by atoms with Crippen LogP contribution in [0.1, 0.15) is 5.56 Å². The first-order valence-electron chi connectivity index (χ1n) is 10.6. The highest BCUT2D eigenvalue weighted by atomic mass is 35.5. The van der Waals surface area contributed by atoms with Crippen LogP contribution in [0.3, 0.4) is 0 Å². The van der Waals surface area contributed by atoms with Crippen molar-refractivity contribution in [3.8, 4) is 23.0 Å². The van der Waals surface area contributed by atoms with Crippen LogP contribution in [0.15, 0.2) is 82.2 Å². The van der Waals surface area contributed by atoms with Crippen molar-refractivity contribution in [2.24, 2.45) is 0 Å². The molecule has 10 heteroatoms. The fourth-order valence-electron chi connectivity index (χ4n) is 3.66. The number of nitrogens with zero attached hydrogens (tertiary/aromatic N) is 4. The van der Waals surface area contributed by atoms with Gasteiger partial charge in [0.05, 0.1) is 16.1 Å². The van der Waals surface area contributed by atoms with E-state index in [0.717, 1.165) is 0 Å². The lowest BCUT2D eigenvalue weighted by molar-refractivity contribution is -0.121. The van der Waals surface area contributed by atoms with Gasteiger partial charge in [-0.05, 0) is 35.9 Å². The van der Waals surface area contributed by atoms with Gasteiger partial charge in [0, 0.05) is 24.2 Å². The molecule has 0 bridgehead atoms. The van der Waals surface area contributed by atoms with E-state index in [9.17, 15) is 14.0 Å². The zero-order valence-corrected chi connectivity index (χ0v) is 18.9. The number of benzene rings is 2. The number of hydrogen-bond donors (Lipinski definition) is 1. The average Bonchev–Trinajstić information content (AvgIpc) is 3.37. The van der Waals surface area contributed by atoms with Gasteiger partial charge in [-0.3, -0.25) is 19.1 Å². The Morgan fingerprint density at radius 3 is 2.71 bits per heavy atom. The first-order valence-corrected chi connectivity index (χ1v) is 11.0. The Balaban J connectivity index is 1.43. The van der Waals surface area contributed by atoms with Crippen LogP contribution < -0.4 is 10.9 Å². The largest absolute Gasteiger partial charge is 0.350 e. The first-order chi connectivity index (χ1) is 17.0. The molecule has 0 radical (unpaired) electrons. The Morgan fingerprint density at radius 1 is 1.09 bits per heavy atom. The van der Waals surface area contributed by atoms with Gasteiger partial charge in [0.25, 0.3) is 11.4 Å². The van der Waals surface area contributed by atoms with E-state index in [-0.39, 0.29) is 29.9 Å². The summed E-state index contributed by atoms with van der Waals surface area (Å²) in [5.74, 6) is -0.452. The number of amides is 1. The van der Waals surface area contributed by atoms with Crippen molar-refractivity contribution < 1.29 is 13.7 Å². The summed E-state index contributed by atoms with van der Waals surface area (Å²) in [5, 5.41) is 7.35. The Kier molecular flexibility index (Phi) is 6.07. The molecule has 35 heavy (non-hydrogen) atoms. The zero-order valence-electron chi connectivity index (χ0n) is 18.1.